The molecule has 0 unspecified atom stereocenters. The first-order valence-corrected chi connectivity index (χ1v) is 11.1. The lowest BCUT2D eigenvalue weighted by Crippen LogP contribution is -2.39. The molecule has 0 atom stereocenters. The molecule has 0 amide bonds. The fraction of sp³-hybridized carbons (Fsp3) is 0.429. The van der Waals surface area contributed by atoms with E-state index in [9.17, 15) is 4.39 Å². The number of nitrogens with zero attached hydrogens (tertiary/aromatic N) is 3. The van der Waals surface area contributed by atoms with Crippen molar-refractivity contribution < 1.29 is 9.13 Å². The van der Waals surface area contributed by atoms with Gasteiger partial charge in [0.15, 0.2) is 5.96 Å². The number of benzene rings is 1. The number of thioether (sulfide) groups is 1. The predicted octanol–water partition coefficient (Wildman–Crippen LogP) is 2.79. The zero-order valence-corrected chi connectivity index (χ0v) is 17.8. The fourth-order valence-corrected chi connectivity index (χ4v) is 3.84. The maximum Gasteiger partial charge on any atom is 0.191 e. The van der Waals surface area contributed by atoms with Gasteiger partial charge in [-0.05, 0) is 35.6 Å². The van der Waals surface area contributed by atoms with Gasteiger partial charge in [0.25, 0.3) is 0 Å². The Morgan fingerprint density at radius 1 is 1.17 bits per heavy atom. The lowest BCUT2D eigenvalue weighted by Gasteiger charge is -2.29. The van der Waals surface area contributed by atoms with Gasteiger partial charge < -0.3 is 20.3 Å². The average molecular weight is 418 g/mol. The van der Waals surface area contributed by atoms with Gasteiger partial charge in [0.05, 0.1) is 13.2 Å². The normalized spacial score (nSPS) is 14.7. The third-order valence-corrected chi connectivity index (χ3v) is 5.36. The van der Waals surface area contributed by atoms with Crippen molar-refractivity contribution in [2.45, 2.75) is 18.8 Å². The van der Waals surface area contributed by atoms with Crippen LogP contribution < -0.4 is 15.5 Å². The largest absolute Gasteiger partial charge is 0.378 e. The number of hydrogen-bond donors (Lipinski definition) is 2. The Morgan fingerprint density at radius 3 is 2.66 bits per heavy atom. The summed E-state index contributed by atoms with van der Waals surface area (Å²) in [5.74, 6) is 2.26. The fourth-order valence-electron chi connectivity index (χ4n) is 3.26. The molecule has 2 N–H and O–H groups in total. The molecule has 0 saturated carbocycles. The van der Waals surface area contributed by atoms with Crippen molar-refractivity contribution in [3.05, 3.63) is 59.0 Å². The molecule has 0 bridgehead atoms. The third-order valence-electron chi connectivity index (χ3n) is 4.76. The van der Waals surface area contributed by atoms with Crippen LogP contribution in [0.15, 0.2) is 41.5 Å². The molecule has 0 radical (unpaired) electrons. The first kappa shape index (κ1) is 21.4. The van der Waals surface area contributed by atoms with E-state index >= 15 is 0 Å². The zero-order chi connectivity index (χ0) is 20.5. The molecular formula is C21H28FN5OS. The number of aromatic nitrogens is 1. The second-order valence-corrected chi connectivity index (χ2v) is 7.58. The van der Waals surface area contributed by atoms with E-state index in [1.807, 2.05) is 24.6 Å². The molecular weight excluding hydrogens is 389 g/mol. The van der Waals surface area contributed by atoms with Crippen molar-refractivity contribution in [2.75, 3.05) is 44.5 Å². The quantitative estimate of drug-likeness (QED) is 0.534. The van der Waals surface area contributed by atoms with Crippen LogP contribution in [0, 0.1) is 5.82 Å². The molecule has 8 heteroatoms. The van der Waals surface area contributed by atoms with Gasteiger partial charge in [0.1, 0.15) is 11.6 Å². The smallest absolute Gasteiger partial charge is 0.191 e. The molecule has 1 saturated heterocycles. The average Bonchev–Trinajstić information content (AvgIpc) is 2.76. The molecule has 2 heterocycles. The number of ether oxygens (including phenoxy) is 1. The van der Waals surface area contributed by atoms with Gasteiger partial charge in [-0.25, -0.2) is 9.37 Å². The summed E-state index contributed by atoms with van der Waals surface area (Å²) in [6.45, 7) is 4.34. The van der Waals surface area contributed by atoms with E-state index in [-0.39, 0.29) is 5.82 Å². The number of anilines is 1. The standard InChI is InChI=1S/C21H28FN5OS/c1-23-21(25-13-16-5-6-19(22)12-18(16)15-29-2)26-14-17-4-3-7-24-20(17)27-8-10-28-11-9-27/h3-7,12H,8-11,13-15H2,1-2H3,(H2,23,25,26). The van der Waals surface area contributed by atoms with Gasteiger partial charge in [0.2, 0.25) is 0 Å². The summed E-state index contributed by atoms with van der Waals surface area (Å²) in [6, 6.07) is 8.97. The Kier molecular flexibility index (Phi) is 8.13. The van der Waals surface area contributed by atoms with Gasteiger partial charge >= 0.3 is 0 Å². The van der Waals surface area contributed by atoms with Gasteiger partial charge in [-0.2, -0.15) is 11.8 Å². The minimum absolute atomic E-state index is 0.201. The van der Waals surface area contributed by atoms with Crippen LogP contribution in [0.3, 0.4) is 0 Å². The Morgan fingerprint density at radius 2 is 1.93 bits per heavy atom. The van der Waals surface area contributed by atoms with Gasteiger partial charge in [-0.1, -0.05) is 12.1 Å². The number of guanidine groups is 1. The first-order chi connectivity index (χ1) is 14.2. The first-order valence-electron chi connectivity index (χ1n) is 9.68. The molecule has 156 valence electrons. The van der Waals surface area contributed by atoms with Crippen molar-refractivity contribution in [3.8, 4) is 0 Å². The van der Waals surface area contributed by atoms with Crippen LogP contribution in [-0.4, -0.2) is 50.6 Å². The molecule has 6 nitrogen and oxygen atoms in total. The summed E-state index contributed by atoms with van der Waals surface area (Å²) in [5.41, 5.74) is 3.18. The maximum absolute atomic E-state index is 13.6. The van der Waals surface area contributed by atoms with Gasteiger partial charge in [-0.15, -0.1) is 0 Å². The van der Waals surface area contributed by atoms with Crippen molar-refractivity contribution in [2.24, 2.45) is 4.99 Å². The number of aliphatic imine (C=N–C) groups is 1. The highest BCUT2D eigenvalue weighted by Crippen LogP contribution is 2.19. The summed E-state index contributed by atoms with van der Waals surface area (Å²) < 4.78 is 19.0. The van der Waals surface area contributed by atoms with Crippen LogP contribution in [0.2, 0.25) is 0 Å². The SMILES string of the molecule is CN=C(NCc1ccc(F)cc1CSC)NCc1cccnc1N1CCOCC1. The molecule has 1 aromatic carbocycles. The molecule has 1 fully saturated rings. The van der Waals surface area contributed by atoms with Crippen LogP contribution in [0.25, 0.3) is 0 Å². The van der Waals surface area contributed by atoms with Crippen molar-refractivity contribution in [1.29, 1.82) is 0 Å². The number of pyridine rings is 1. The van der Waals surface area contributed by atoms with E-state index in [0.29, 0.717) is 19.0 Å². The van der Waals surface area contributed by atoms with Crippen LogP contribution in [0.1, 0.15) is 16.7 Å². The lowest BCUT2D eigenvalue weighted by molar-refractivity contribution is 0.122. The molecule has 0 spiro atoms. The highest BCUT2D eigenvalue weighted by atomic mass is 32.2. The van der Waals surface area contributed by atoms with E-state index < -0.39 is 0 Å². The Balaban J connectivity index is 1.61. The second-order valence-electron chi connectivity index (χ2n) is 6.71. The predicted molar refractivity (Wildman–Crippen MR) is 118 cm³/mol. The summed E-state index contributed by atoms with van der Waals surface area (Å²) in [6.07, 6.45) is 3.84. The lowest BCUT2D eigenvalue weighted by atomic mass is 10.1. The second kappa shape index (κ2) is 11.0. The monoisotopic (exact) mass is 417 g/mol. The molecule has 1 aromatic heterocycles. The van der Waals surface area contributed by atoms with E-state index in [1.54, 1.807) is 24.9 Å². The van der Waals surface area contributed by atoms with Gasteiger partial charge in [0, 0.05) is 50.7 Å². The molecule has 3 rings (SSSR count). The van der Waals surface area contributed by atoms with E-state index in [1.165, 1.54) is 6.07 Å². The number of halogens is 1. The van der Waals surface area contributed by atoms with Crippen LogP contribution in [0.5, 0.6) is 0 Å². The number of hydrogen-bond acceptors (Lipinski definition) is 5. The van der Waals surface area contributed by atoms with E-state index in [4.69, 9.17) is 4.74 Å². The highest BCUT2D eigenvalue weighted by molar-refractivity contribution is 7.97. The summed E-state index contributed by atoms with van der Waals surface area (Å²) >= 11 is 1.68. The summed E-state index contributed by atoms with van der Waals surface area (Å²) in [5, 5.41) is 6.69. The number of morpholine rings is 1. The number of nitrogens with one attached hydrogen (secondary N) is 2. The Bertz CT molecular complexity index is 826. The molecule has 29 heavy (non-hydrogen) atoms. The molecule has 1 aliphatic heterocycles. The maximum atomic E-state index is 13.6. The molecule has 0 aliphatic carbocycles. The third kappa shape index (κ3) is 6.08. The molecule has 2 aromatic rings. The van der Waals surface area contributed by atoms with Crippen molar-refractivity contribution in [1.82, 2.24) is 15.6 Å². The van der Waals surface area contributed by atoms with Crippen molar-refractivity contribution >= 4 is 23.5 Å². The molecule has 1 aliphatic rings. The van der Waals surface area contributed by atoms with Crippen LogP contribution in [-0.2, 0) is 23.6 Å². The van der Waals surface area contributed by atoms with Gasteiger partial charge in [-0.3, -0.25) is 4.99 Å². The number of rotatable bonds is 7. The minimum Gasteiger partial charge on any atom is -0.378 e. The van der Waals surface area contributed by atoms with E-state index in [0.717, 1.165) is 54.6 Å². The zero-order valence-electron chi connectivity index (χ0n) is 16.9. The summed E-state index contributed by atoms with van der Waals surface area (Å²) in [4.78, 5) is 11.1. The van der Waals surface area contributed by atoms with Crippen LogP contribution >= 0.6 is 11.8 Å². The minimum atomic E-state index is -0.201. The Labute approximate surface area is 176 Å². The van der Waals surface area contributed by atoms with E-state index in [2.05, 4.69) is 31.6 Å². The highest BCUT2D eigenvalue weighted by Gasteiger charge is 2.16. The van der Waals surface area contributed by atoms with Crippen molar-refractivity contribution in [3.63, 3.8) is 0 Å². The van der Waals surface area contributed by atoms with Crippen LogP contribution in [0.4, 0.5) is 10.2 Å². The topological polar surface area (TPSA) is 61.8 Å². The summed E-state index contributed by atoms with van der Waals surface area (Å²) in [7, 11) is 1.74. The Hall–Kier alpha value is -2.32.